The molecular formula is C18H30N4O3. The van der Waals surface area contributed by atoms with Gasteiger partial charge in [-0.1, -0.05) is 12.1 Å². The fraction of sp³-hybridized carbons (Fsp3) is 0.556. The molecule has 2 N–H and O–H groups in total. The Kier molecular flexibility index (Phi) is 8.21. The number of guanidine groups is 1. The third-order valence-electron chi connectivity index (χ3n) is 3.72. The number of methoxy groups -OCH3 is 2. The average molecular weight is 350 g/mol. The van der Waals surface area contributed by atoms with Crippen molar-refractivity contribution in [1.82, 2.24) is 15.5 Å². The molecule has 140 valence electrons. The molecule has 0 saturated carbocycles. The van der Waals surface area contributed by atoms with Crippen LogP contribution in [0.25, 0.3) is 0 Å². The van der Waals surface area contributed by atoms with E-state index in [2.05, 4.69) is 15.6 Å². The predicted octanol–water partition coefficient (Wildman–Crippen LogP) is 1.24. The van der Waals surface area contributed by atoms with Crippen LogP contribution in [0, 0.1) is 0 Å². The number of aliphatic imine (C=N–C) groups is 1. The number of carbonyl (C=O) groups is 1. The Morgan fingerprint density at radius 2 is 1.80 bits per heavy atom. The van der Waals surface area contributed by atoms with E-state index < -0.39 is 0 Å². The van der Waals surface area contributed by atoms with Crippen molar-refractivity contribution in [3.63, 3.8) is 0 Å². The molecule has 0 aromatic heterocycles. The highest BCUT2D eigenvalue weighted by Gasteiger charge is 2.17. The summed E-state index contributed by atoms with van der Waals surface area (Å²) in [5, 5.41) is 6.27. The molecule has 7 heteroatoms. The van der Waals surface area contributed by atoms with E-state index in [0.29, 0.717) is 19.0 Å². The average Bonchev–Trinajstić information content (AvgIpc) is 2.61. The molecule has 7 nitrogen and oxygen atoms in total. The van der Waals surface area contributed by atoms with Gasteiger partial charge in [0.25, 0.3) is 0 Å². The first-order valence-electron chi connectivity index (χ1n) is 8.18. The quantitative estimate of drug-likeness (QED) is 0.545. The number of benzene rings is 1. The summed E-state index contributed by atoms with van der Waals surface area (Å²) in [6.07, 6.45) is 0. The van der Waals surface area contributed by atoms with Crippen LogP contribution < -0.4 is 15.4 Å². The van der Waals surface area contributed by atoms with Crippen molar-refractivity contribution in [2.24, 2.45) is 4.99 Å². The minimum absolute atomic E-state index is 0.0232. The molecule has 1 rings (SSSR count). The lowest BCUT2D eigenvalue weighted by molar-refractivity contribution is -0.127. The number of amides is 1. The number of hydrogen-bond acceptors (Lipinski definition) is 4. The fourth-order valence-electron chi connectivity index (χ4n) is 1.76. The number of likely N-dealkylation sites (N-methyl/N-ethyl adjacent to an activating group) is 1. The Labute approximate surface area is 150 Å². The maximum Gasteiger partial charge on any atom is 0.241 e. The zero-order valence-corrected chi connectivity index (χ0v) is 16.0. The van der Waals surface area contributed by atoms with E-state index in [1.54, 1.807) is 28.3 Å². The second kappa shape index (κ2) is 9.88. The molecule has 0 radical (unpaired) electrons. The van der Waals surface area contributed by atoms with Gasteiger partial charge in [0.15, 0.2) is 5.96 Å². The monoisotopic (exact) mass is 350 g/mol. The van der Waals surface area contributed by atoms with Crippen LogP contribution in [0.3, 0.4) is 0 Å². The van der Waals surface area contributed by atoms with Gasteiger partial charge in [-0.05, 0) is 31.5 Å². The Morgan fingerprint density at radius 3 is 2.32 bits per heavy atom. The third-order valence-corrected chi connectivity index (χ3v) is 3.72. The van der Waals surface area contributed by atoms with E-state index in [-0.39, 0.29) is 18.1 Å². The maximum absolute atomic E-state index is 11.8. The molecule has 0 atom stereocenters. The Hall–Kier alpha value is -2.28. The minimum atomic E-state index is -0.339. The van der Waals surface area contributed by atoms with E-state index in [9.17, 15) is 4.79 Å². The Bertz CT molecular complexity index is 568. The van der Waals surface area contributed by atoms with Gasteiger partial charge in [0, 0.05) is 27.7 Å². The number of carbonyl (C=O) groups excluding carboxylic acids is 1. The van der Waals surface area contributed by atoms with E-state index in [0.717, 1.165) is 11.3 Å². The number of ether oxygens (including phenoxy) is 2. The zero-order chi connectivity index (χ0) is 18.9. The van der Waals surface area contributed by atoms with Crippen molar-refractivity contribution >= 4 is 11.9 Å². The summed E-state index contributed by atoms with van der Waals surface area (Å²) in [4.78, 5) is 17.9. The van der Waals surface area contributed by atoms with Crippen molar-refractivity contribution in [3.8, 4) is 5.75 Å². The standard InChI is InChI=1S/C18H30N4O3/c1-18(2,25-6)13-21-17(20-12-16(23)22(3)4)19-11-14-7-9-15(24-5)10-8-14/h7-10H,11-13H2,1-6H3,(H2,19,20,21). The van der Waals surface area contributed by atoms with Crippen LogP contribution in [0.2, 0.25) is 0 Å². The van der Waals surface area contributed by atoms with Crippen molar-refractivity contribution in [3.05, 3.63) is 29.8 Å². The summed E-state index contributed by atoms with van der Waals surface area (Å²) < 4.78 is 10.6. The number of hydrogen-bond donors (Lipinski definition) is 2. The first-order valence-corrected chi connectivity index (χ1v) is 8.18. The molecule has 0 unspecified atom stereocenters. The molecule has 1 aromatic carbocycles. The van der Waals surface area contributed by atoms with E-state index in [4.69, 9.17) is 9.47 Å². The van der Waals surface area contributed by atoms with Crippen molar-refractivity contribution < 1.29 is 14.3 Å². The molecule has 1 aromatic rings. The smallest absolute Gasteiger partial charge is 0.241 e. The van der Waals surface area contributed by atoms with Crippen LogP contribution in [0.5, 0.6) is 5.75 Å². The molecule has 0 aliphatic heterocycles. The van der Waals surface area contributed by atoms with Crippen LogP contribution in [-0.2, 0) is 16.1 Å². The van der Waals surface area contributed by atoms with Gasteiger partial charge >= 0.3 is 0 Å². The molecule has 0 aliphatic rings. The highest BCUT2D eigenvalue weighted by molar-refractivity contribution is 5.86. The van der Waals surface area contributed by atoms with Gasteiger partial charge in [-0.25, -0.2) is 4.99 Å². The lowest BCUT2D eigenvalue weighted by Crippen LogP contribution is -2.47. The van der Waals surface area contributed by atoms with Crippen LogP contribution in [0.15, 0.2) is 29.3 Å². The van der Waals surface area contributed by atoms with E-state index in [1.165, 1.54) is 4.90 Å². The van der Waals surface area contributed by atoms with E-state index in [1.807, 2.05) is 38.1 Å². The second-order valence-electron chi connectivity index (χ2n) is 6.47. The van der Waals surface area contributed by atoms with Gasteiger partial charge in [0.2, 0.25) is 5.91 Å². The summed E-state index contributed by atoms with van der Waals surface area (Å²) in [5.41, 5.74) is 0.709. The van der Waals surface area contributed by atoms with Gasteiger partial charge in [0.05, 0.1) is 25.8 Å². The lowest BCUT2D eigenvalue weighted by Gasteiger charge is -2.24. The summed E-state index contributed by atoms with van der Waals surface area (Å²) in [5.74, 6) is 1.35. The van der Waals surface area contributed by atoms with Gasteiger partial charge in [-0.2, -0.15) is 0 Å². The van der Waals surface area contributed by atoms with E-state index >= 15 is 0 Å². The summed E-state index contributed by atoms with van der Waals surface area (Å²) in [6.45, 7) is 5.18. The normalized spacial score (nSPS) is 11.8. The molecule has 25 heavy (non-hydrogen) atoms. The topological polar surface area (TPSA) is 75.2 Å². The fourth-order valence-corrected chi connectivity index (χ4v) is 1.76. The molecule has 0 heterocycles. The molecular weight excluding hydrogens is 320 g/mol. The Morgan fingerprint density at radius 1 is 1.16 bits per heavy atom. The highest BCUT2D eigenvalue weighted by atomic mass is 16.5. The number of nitrogens with zero attached hydrogens (tertiary/aromatic N) is 2. The van der Waals surface area contributed by atoms with Crippen molar-refractivity contribution in [2.75, 3.05) is 41.4 Å². The van der Waals surface area contributed by atoms with Gasteiger partial charge in [-0.15, -0.1) is 0 Å². The predicted molar refractivity (Wildman–Crippen MR) is 99.9 cm³/mol. The summed E-state index contributed by atoms with van der Waals surface area (Å²) in [7, 11) is 6.75. The SMILES string of the molecule is COc1ccc(CN=C(NCC(=O)N(C)C)NCC(C)(C)OC)cc1. The number of rotatable bonds is 8. The summed E-state index contributed by atoms with van der Waals surface area (Å²) in [6, 6.07) is 7.72. The molecule has 0 spiro atoms. The molecule has 0 saturated heterocycles. The second-order valence-corrected chi connectivity index (χ2v) is 6.47. The van der Waals surface area contributed by atoms with Gasteiger partial charge < -0.3 is 25.0 Å². The molecule has 0 aliphatic carbocycles. The Balaban J connectivity index is 2.74. The van der Waals surface area contributed by atoms with Crippen molar-refractivity contribution in [2.45, 2.75) is 26.0 Å². The van der Waals surface area contributed by atoms with Gasteiger partial charge in [0.1, 0.15) is 5.75 Å². The van der Waals surface area contributed by atoms with Crippen LogP contribution in [-0.4, -0.2) is 63.8 Å². The first-order chi connectivity index (χ1) is 11.8. The highest BCUT2D eigenvalue weighted by Crippen LogP contribution is 2.12. The summed E-state index contributed by atoms with van der Waals surface area (Å²) >= 11 is 0. The minimum Gasteiger partial charge on any atom is -0.497 e. The van der Waals surface area contributed by atoms with Crippen LogP contribution in [0.4, 0.5) is 0 Å². The van der Waals surface area contributed by atoms with Crippen LogP contribution in [0.1, 0.15) is 19.4 Å². The molecule has 0 bridgehead atoms. The number of nitrogens with one attached hydrogen (secondary N) is 2. The van der Waals surface area contributed by atoms with Crippen molar-refractivity contribution in [1.29, 1.82) is 0 Å². The first kappa shape index (κ1) is 20.8. The molecule has 0 fully saturated rings. The van der Waals surface area contributed by atoms with Crippen LogP contribution >= 0.6 is 0 Å². The lowest BCUT2D eigenvalue weighted by atomic mass is 10.1. The van der Waals surface area contributed by atoms with Gasteiger partial charge in [-0.3, -0.25) is 4.79 Å². The molecule has 1 amide bonds. The largest absolute Gasteiger partial charge is 0.497 e. The zero-order valence-electron chi connectivity index (χ0n) is 16.0. The maximum atomic E-state index is 11.8. The third kappa shape index (κ3) is 7.89.